The van der Waals surface area contributed by atoms with Crippen LogP contribution in [0.2, 0.25) is 0 Å². The smallest absolute Gasteiger partial charge is 0.407 e. The molecule has 6 heteroatoms. The number of alkyl carbamates (subject to hydrolysis) is 1. The lowest BCUT2D eigenvalue weighted by Crippen LogP contribution is -2.39. The van der Waals surface area contributed by atoms with E-state index in [-0.39, 0.29) is 18.8 Å². The van der Waals surface area contributed by atoms with E-state index in [1.807, 2.05) is 30.3 Å². The summed E-state index contributed by atoms with van der Waals surface area (Å²) in [5.74, 6) is -1.21. The van der Waals surface area contributed by atoms with Crippen molar-refractivity contribution in [3.05, 3.63) is 71.3 Å². The van der Waals surface area contributed by atoms with Gasteiger partial charge in [-0.3, -0.25) is 0 Å². The number of aryl methyl sites for hydroxylation is 1. The molecule has 1 heterocycles. The van der Waals surface area contributed by atoms with Crippen molar-refractivity contribution in [2.45, 2.75) is 31.6 Å². The first-order valence-electron chi connectivity index (χ1n) is 8.14. The molecule has 25 heavy (non-hydrogen) atoms. The number of carbonyl (C=O) groups is 1. The van der Waals surface area contributed by atoms with Gasteiger partial charge in [-0.05, 0) is 36.1 Å². The second-order valence-electron chi connectivity index (χ2n) is 6.00. The molecule has 2 aromatic carbocycles. The summed E-state index contributed by atoms with van der Waals surface area (Å²) in [5.41, 5.74) is 1.44. The number of carbonyl (C=O) groups excluding carboxylic acids is 1. The number of epoxide rings is 1. The van der Waals surface area contributed by atoms with E-state index in [0.717, 1.165) is 11.6 Å². The van der Waals surface area contributed by atoms with Crippen LogP contribution < -0.4 is 5.32 Å². The Labute approximate surface area is 144 Å². The predicted molar refractivity (Wildman–Crippen MR) is 88.0 cm³/mol. The molecule has 3 rings (SSSR count). The maximum absolute atomic E-state index is 13.2. The summed E-state index contributed by atoms with van der Waals surface area (Å²) in [5, 5.41) is 2.78. The number of benzene rings is 2. The fourth-order valence-corrected chi connectivity index (χ4v) is 2.63. The second-order valence-corrected chi connectivity index (χ2v) is 6.00. The van der Waals surface area contributed by atoms with Gasteiger partial charge < -0.3 is 14.8 Å². The van der Waals surface area contributed by atoms with Crippen LogP contribution in [0.5, 0.6) is 0 Å². The standard InChI is InChI=1S/C19H19F2NO3/c20-15-8-14(9-16(21)10-15)6-7-17(18-12-24-18)22-19(23)25-11-13-4-2-1-3-5-13/h1-5,8-10,17-18H,6-7,11-12H2,(H,22,23)/t17-,18+/m0/s1. The Balaban J connectivity index is 1.50. The molecule has 1 fully saturated rings. The van der Waals surface area contributed by atoms with Crippen LogP contribution in [0.15, 0.2) is 48.5 Å². The molecule has 0 aliphatic carbocycles. The molecule has 2 atom stereocenters. The van der Waals surface area contributed by atoms with Crippen LogP contribution in [0.4, 0.5) is 13.6 Å². The summed E-state index contributed by atoms with van der Waals surface area (Å²) >= 11 is 0. The summed E-state index contributed by atoms with van der Waals surface area (Å²) < 4.78 is 36.9. The summed E-state index contributed by atoms with van der Waals surface area (Å²) in [6.45, 7) is 0.737. The van der Waals surface area contributed by atoms with Gasteiger partial charge in [0.25, 0.3) is 0 Å². The predicted octanol–water partition coefficient (Wildman–Crippen LogP) is 3.59. The second kappa shape index (κ2) is 8.07. The van der Waals surface area contributed by atoms with Crippen molar-refractivity contribution in [3.63, 3.8) is 0 Å². The number of rotatable bonds is 7. The maximum Gasteiger partial charge on any atom is 0.407 e. The molecule has 0 saturated carbocycles. The molecule has 132 valence electrons. The maximum atomic E-state index is 13.2. The third-order valence-electron chi connectivity index (χ3n) is 3.99. The van der Waals surface area contributed by atoms with Crippen molar-refractivity contribution < 1.29 is 23.0 Å². The summed E-state index contributed by atoms with van der Waals surface area (Å²) in [7, 11) is 0. The molecule has 1 N–H and O–H groups in total. The minimum atomic E-state index is -0.607. The first kappa shape index (κ1) is 17.4. The van der Waals surface area contributed by atoms with Crippen LogP contribution in [0.1, 0.15) is 17.5 Å². The highest BCUT2D eigenvalue weighted by Gasteiger charge is 2.33. The fraction of sp³-hybridized carbons (Fsp3) is 0.316. The molecule has 1 amide bonds. The lowest BCUT2D eigenvalue weighted by atomic mass is 10.0. The van der Waals surface area contributed by atoms with Crippen LogP contribution in [0, 0.1) is 11.6 Å². The lowest BCUT2D eigenvalue weighted by Gasteiger charge is -2.16. The monoisotopic (exact) mass is 347 g/mol. The van der Waals surface area contributed by atoms with Gasteiger partial charge in [-0.15, -0.1) is 0 Å². The molecular weight excluding hydrogens is 328 g/mol. The highest BCUT2D eigenvalue weighted by atomic mass is 19.1. The van der Waals surface area contributed by atoms with Crippen LogP contribution in [-0.2, 0) is 22.5 Å². The van der Waals surface area contributed by atoms with Gasteiger partial charge in [0.2, 0.25) is 0 Å². The number of nitrogens with one attached hydrogen (secondary N) is 1. The third kappa shape index (κ3) is 5.53. The molecule has 0 unspecified atom stereocenters. The normalized spacial score (nSPS) is 17.0. The summed E-state index contributed by atoms with van der Waals surface area (Å²) in [6.07, 6.45) is 0.323. The quantitative estimate of drug-likeness (QED) is 0.779. The molecule has 1 aliphatic rings. The molecule has 2 aromatic rings. The van der Waals surface area contributed by atoms with Gasteiger partial charge in [0, 0.05) is 6.07 Å². The first-order chi connectivity index (χ1) is 12.1. The highest BCUT2D eigenvalue weighted by molar-refractivity contribution is 5.67. The fourth-order valence-electron chi connectivity index (χ4n) is 2.63. The van der Waals surface area contributed by atoms with Gasteiger partial charge in [0.15, 0.2) is 0 Å². The van der Waals surface area contributed by atoms with Crippen LogP contribution in [0.25, 0.3) is 0 Å². The molecule has 1 saturated heterocycles. The van der Waals surface area contributed by atoms with E-state index < -0.39 is 17.7 Å². The zero-order valence-corrected chi connectivity index (χ0v) is 13.6. The minimum absolute atomic E-state index is 0.0809. The molecule has 0 bridgehead atoms. The number of hydrogen-bond donors (Lipinski definition) is 1. The number of halogens is 2. The molecule has 4 nitrogen and oxygen atoms in total. The Hall–Kier alpha value is -2.47. The van der Waals surface area contributed by atoms with Gasteiger partial charge >= 0.3 is 6.09 Å². The Morgan fingerprint density at radius 3 is 2.48 bits per heavy atom. The third-order valence-corrected chi connectivity index (χ3v) is 3.99. The zero-order valence-electron chi connectivity index (χ0n) is 13.6. The lowest BCUT2D eigenvalue weighted by molar-refractivity contribution is 0.132. The Morgan fingerprint density at radius 1 is 1.16 bits per heavy atom. The molecule has 1 aliphatic heterocycles. The van der Waals surface area contributed by atoms with Gasteiger partial charge in [0.1, 0.15) is 24.3 Å². The van der Waals surface area contributed by atoms with Crippen molar-refractivity contribution in [1.29, 1.82) is 0 Å². The average molecular weight is 347 g/mol. The van der Waals surface area contributed by atoms with Gasteiger partial charge in [-0.1, -0.05) is 30.3 Å². The van der Waals surface area contributed by atoms with Crippen molar-refractivity contribution >= 4 is 6.09 Å². The van der Waals surface area contributed by atoms with Crippen molar-refractivity contribution in [2.24, 2.45) is 0 Å². The van der Waals surface area contributed by atoms with E-state index in [4.69, 9.17) is 9.47 Å². The van der Waals surface area contributed by atoms with E-state index in [1.54, 1.807) is 0 Å². The van der Waals surface area contributed by atoms with Gasteiger partial charge in [0.05, 0.1) is 12.6 Å². The van der Waals surface area contributed by atoms with E-state index in [0.29, 0.717) is 25.0 Å². The van der Waals surface area contributed by atoms with Crippen molar-refractivity contribution in [3.8, 4) is 0 Å². The van der Waals surface area contributed by atoms with Crippen LogP contribution in [0.3, 0.4) is 0 Å². The van der Waals surface area contributed by atoms with Gasteiger partial charge in [-0.2, -0.15) is 0 Å². The van der Waals surface area contributed by atoms with Crippen LogP contribution >= 0.6 is 0 Å². The summed E-state index contributed by atoms with van der Waals surface area (Å²) in [6, 6.07) is 12.5. The Kier molecular flexibility index (Phi) is 5.60. The Bertz CT molecular complexity index is 700. The highest BCUT2D eigenvalue weighted by Crippen LogP contribution is 2.20. The topological polar surface area (TPSA) is 50.9 Å². The van der Waals surface area contributed by atoms with Crippen LogP contribution in [-0.4, -0.2) is 24.8 Å². The summed E-state index contributed by atoms with van der Waals surface area (Å²) in [4.78, 5) is 12.0. The zero-order chi connectivity index (χ0) is 17.6. The molecule has 0 aromatic heterocycles. The molecular formula is C19H19F2NO3. The molecule has 0 spiro atoms. The SMILES string of the molecule is O=C(N[C@@H](CCc1cc(F)cc(F)c1)[C@H]1CO1)OCc1ccccc1. The van der Waals surface area contributed by atoms with Gasteiger partial charge in [-0.25, -0.2) is 13.6 Å². The average Bonchev–Trinajstić information content (AvgIpc) is 3.42. The van der Waals surface area contributed by atoms with E-state index >= 15 is 0 Å². The molecule has 0 radical (unpaired) electrons. The number of ether oxygens (including phenoxy) is 2. The Morgan fingerprint density at radius 2 is 1.84 bits per heavy atom. The largest absolute Gasteiger partial charge is 0.445 e. The van der Waals surface area contributed by atoms with Crippen molar-refractivity contribution in [2.75, 3.05) is 6.61 Å². The van der Waals surface area contributed by atoms with Crippen molar-refractivity contribution in [1.82, 2.24) is 5.32 Å². The minimum Gasteiger partial charge on any atom is -0.445 e. The van der Waals surface area contributed by atoms with E-state index in [2.05, 4.69) is 5.32 Å². The number of hydrogen-bond acceptors (Lipinski definition) is 3. The van der Waals surface area contributed by atoms with E-state index in [1.165, 1.54) is 12.1 Å². The number of amides is 1. The van der Waals surface area contributed by atoms with E-state index in [9.17, 15) is 13.6 Å². The first-order valence-corrected chi connectivity index (χ1v) is 8.14.